The molecular weight excluding hydrogens is 683 g/mol. The van der Waals surface area contributed by atoms with Crippen LogP contribution >= 0.6 is 0 Å². The minimum Gasteiger partial charge on any atom is -0.748 e. The molecule has 0 aromatic heterocycles. The summed E-state index contributed by atoms with van der Waals surface area (Å²) in [5.41, 5.74) is -0.381. The van der Waals surface area contributed by atoms with Crippen LogP contribution in [0.4, 0.5) is 0 Å². The van der Waals surface area contributed by atoms with Crippen molar-refractivity contribution in [2.75, 3.05) is 12.3 Å². The van der Waals surface area contributed by atoms with Gasteiger partial charge in [0.1, 0.15) is 12.2 Å². The summed E-state index contributed by atoms with van der Waals surface area (Å²) in [6, 6.07) is 0. The smallest absolute Gasteiger partial charge is 0.748 e. The number of hydrogen-bond donors (Lipinski definition) is 1. The predicted octanol–water partition coefficient (Wildman–Crippen LogP) is -6.96. The zero-order valence-electron chi connectivity index (χ0n) is 27.2. The molecule has 244 valence electrons. The molecule has 4 saturated carbocycles. The van der Waals surface area contributed by atoms with Crippen LogP contribution < -0.4 is 94.0 Å². The zero-order valence-corrected chi connectivity index (χ0v) is 35.7. The molecule has 19 heteroatoms. The van der Waals surface area contributed by atoms with Crippen LogP contribution in [0.25, 0.3) is 0 Å². The third-order valence-corrected chi connectivity index (χ3v) is 13.1. The Labute approximate surface area is 334 Å². The van der Waals surface area contributed by atoms with Gasteiger partial charge in [0.15, 0.2) is 0 Å². The number of hydrogen-bond acceptors (Lipinski definition) is 12. The Morgan fingerprint density at radius 3 is 2.00 bits per heavy atom. The molecule has 1 N–H and O–H groups in total. The van der Waals surface area contributed by atoms with Gasteiger partial charge in [-0.2, -0.15) is 0 Å². The van der Waals surface area contributed by atoms with Crippen molar-refractivity contribution < 1.29 is 141 Å². The molecule has 0 radical (unpaired) electrons. The Kier molecular flexibility index (Phi) is 17.1. The van der Waals surface area contributed by atoms with E-state index in [1.54, 1.807) is 0 Å². The average Bonchev–Trinajstić information content (AvgIpc) is 3.18. The minimum atomic E-state index is -5.17. The Balaban J connectivity index is 0.00000337. The fraction of sp³-hybridized carbons (Fsp3) is 0.962. The molecule has 4 aliphatic rings. The summed E-state index contributed by atoms with van der Waals surface area (Å²) < 4.78 is 110. The quantitative estimate of drug-likeness (QED) is 0.119. The molecule has 0 unspecified atom stereocenters. The number of nitrogens with one attached hydrogen (secondary N) is 1. The second-order valence-corrected chi connectivity index (χ2v) is 17.1. The molecule has 13 nitrogen and oxygen atoms in total. The van der Waals surface area contributed by atoms with Crippen molar-refractivity contribution in [3.8, 4) is 0 Å². The number of fused-ring (bicyclic) bond motifs is 5. The van der Waals surface area contributed by atoms with E-state index in [-0.39, 0.29) is 144 Å². The molecule has 4 rings (SSSR count). The Morgan fingerprint density at radius 2 is 1.42 bits per heavy atom. The molecule has 0 bridgehead atoms. The predicted molar refractivity (Wildman–Crippen MR) is 146 cm³/mol. The molecule has 4 fully saturated rings. The van der Waals surface area contributed by atoms with Crippen molar-refractivity contribution in [1.82, 2.24) is 5.32 Å². The van der Waals surface area contributed by atoms with Crippen molar-refractivity contribution in [3.05, 3.63) is 0 Å². The van der Waals surface area contributed by atoms with E-state index < -0.39 is 54.3 Å². The molecule has 0 heterocycles. The second-order valence-electron chi connectivity index (χ2n) is 13.5. The molecule has 0 aromatic rings. The maximum atomic E-state index is 12.2. The SMILES string of the molecule is C[C@H](CCC(=O)NCCS(=O)(=O)[O-])[C@H]1CC[C@H]2[C@@H]3CC[C@H]4C[C@H](OS(=O)(=O)[O-])[C@@H](OS(=O)(=O)[O-])C[C@]4(C)[C@H]3CC[C@]12C.[Na+].[Na+].[Na+]. The maximum absolute atomic E-state index is 12.2. The minimum absolute atomic E-state index is 0. The van der Waals surface area contributed by atoms with Crippen molar-refractivity contribution in [3.63, 3.8) is 0 Å². The topological polar surface area (TPSA) is 219 Å². The van der Waals surface area contributed by atoms with Crippen molar-refractivity contribution in [2.24, 2.45) is 46.3 Å². The van der Waals surface area contributed by atoms with Gasteiger partial charge in [-0.1, -0.05) is 20.8 Å². The summed E-state index contributed by atoms with van der Waals surface area (Å²) in [7, 11) is -14.7. The van der Waals surface area contributed by atoms with Gasteiger partial charge in [0.25, 0.3) is 0 Å². The third-order valence-electron chi connectivity index (χ3n) is 11.4. The van der Waals surface area contributed by atoms with E-state index >= 15 is 0 Å². The fourth-order valence-electron chi connectivity index (χ4n) is 9.68. The zero-order chi connectivity index (χ0) is 31.3. The van der Waals surface area contributed by atoms with Crippen LogP contribution in [0.5, 0.6) is 0 Å². The van der Waals surface area contributed by atoms with E-state index in [2.05, 4.69) is 30.3 Å². The molecular formula is C26H42NNa3O12S3. The fourth-order valence-corrected chi connectivity index (χ4v) is 11.0. The first kappa shape index (κ1) is 45.1. The molecule has 10 atom stereocenters. The number of carbonyl (C=O) groups is 1. The first-order chi connectivity index (χ1) is 19.2. The van der Waals surface area contributed by atoms with E-state index in [1.165, 1.54) is 0 Å². The van der Waals surface area contributed by atoms with Crippen LogP contribution in [-0.2, 0) is 44.1 Å². The summed E-state index contributed by atoms with van der Waals surface area (Å²) in [5, 5.41) is 2.51. The van der Waals surface area contributed by atoms with Gasteiger partial charge in [0.05, 0.1) is 15.9 Å². The summed E-state index contributed by atoms with van der Waals surface area (Å²) in [6.45, 7) is 6.35. The maximum Gasteiger partial charge on any atom is 1.00 e. The van der Waals surface area contributed by atoms with E-state index in [0.29, 0.717) is 24.2 Å². The largest absolute Gasteiger partial charge is 1.00 e. The first-order valence-corrected chi connectivity index (χ1v) is 18.9. The van der Waals surface area contributed by atoms with Crippen LogP contribution in [0.2, 0.25) is 0 Å². The van der Waals surface area contributed by atoms with E-state index in [4.69, 9.17) is 4.18 Å². The normalized spacial score (nSPS) is 36.9. The van der Waals surface area contributed by atoms with Crippen LogP contribution in [0.1, 0.15) is 85.0 Å². The van der Waals surface area contributed by atoms with Crippen molar-refractivity contribution in [2.45, 2.75) is 97.2 Å². The van der Waals surface area contributed by atoms with Gasteiger partial charge in [-0.05, 0) is 104 Å². The van der Waals surface area contributed by atoms with Crippen molar-refractivity contribution >= 4 is 36.8 Å². The molecule has 0 spiro atoms. The van der Waals surface area contributed by atoms with E-state index in [9.17, 15) is 43.7 Å². The first-order valence-electron chi connectivity index (χ1n) is 14.7. The van der Waals surface area contributed by atoms with Crippen LogP contribution in [0.15, 0.2) is 0 Å². The molecule has 0 aliphatic heterocycles. The molecule has 45 heavy (non-hydrogen) atoms. The van der Waals surface area contributed by atoms with Crippen LogP contribution in [-0.4, -0.2) is 69.3 Å². The van der Waals surface area contributed by atoms with Gasteiger partial charge in [0.2, 0.25) is 26.7 Å². The Bertz CT molecular complexity index is 1350. The summed E-state index contributed by atoms with van der Waals surface area (Å²) in [4.78, 5) is 12.2. The van der Waals surface area contributed by atoms with Crippen molar-refractivity contribution in [1.29, 1.82) is 0 Å². The second kappa shape index (κ2) is 17.1. The van der Waals surface area contributed by atoms with Crippen LogP contribution in [0, 0.1) is 46.3 Å². The number of carbonyl (C=O) groups excluding carboxylic acids is 1. The van der Waals surface area contributed by atoms with Gasteiger partial charge in [0, 0.05) is 13.0 Å². The standard InChI is InChI=1S/C26H45NO12S3.3Na/c1-16(4-9-24(28)27-12-13-40(29,30)31)19-7-8-20-18-6-5-17-14-22(38-41(32,33)34)23(39-42(35,36)37)15-26(17,3)21(18)10-11-25(19,20)2;;;/h16-23H,4-15H2,1-3H3,(H,27,28)(H,29,30,31)(H,32,33,34)(H,35,36,37);;;/q;3*+1/p-3/t16-,17+,18+,19-,20+,21+,22+,23+,25-,26+;;;/m1.../s1. The summed E-state index contributed by atoms with van der Waals surface area (Å²) in [6.07, 6.45) is 3.94. The Morgan fingerprint density at radius 1 is 0.844 bits per heavy atom. The third kappa shape index (κ3) is 11.3. The number of amides is 1. The molecule has 0 saturated heterocycles. The van der Waals surface area contributed by atoms with Gasteiger partial charge in [-0.15, -0.1) is 0 Å². The van der Waals surface area contributed by atoms with E-state index in [0.717, 1.165) is 38.5 Å². The van der Waals surface area contributed by atoms with E-state index in [1.807, 2.05) is 0 Å². The summed E-state index contributed by atoms with van der Waals surface area (Å²) >= 11 is 0. The van der Waals surface area contributed by atoms with Gasteiger partial charge >= 0.3 is 88.7 Å². The van der Waals surface area contributed by atoms with Crippen LogP contribution in [0.3, 0.4) is 0 Å². The Hall–Kier alpha value is 2.12. The summed E-state index contributed by atoms with van der Waals surface area (Å²) in [5.74, 6) is 0.676. The number of rotatable bonds is 11. The molecule has 0 aromatic carbocycles. The van der Waals surface area contributed by atoms with Gasteiger partial charge in [-0.25, -0.2) is 25.3 Å². The monoisotopic (exact) mass is 725 g/mol. The van der Waals surface area contributed by atoms with Gasteiger partial charge < -0.3 is 19.0 Å². The average molecular weight is 726 g/mol. The molecule has 1 amide bonds. The van der Waals surface area contributed by atoms with Gasteiger partial charge in [-0.3, -0.25) is 13.2 Å². The molecule has 4 aliphatic carbocycles.